The Labute approximate surface area is 155 Å². The molecule has 0 bridgehead atoms. The fraction of sp³-hybridized carbons (Fsp3) is 0.875. The van der Waals surface area contributed by atoms with Crippen LogP contribution in [0.25, 0.3) is 0 Å². The van der Waals surface area contributed by atoms with E-state index in [1.807, 2.05) is 0 Å². The summed E-state index contributed by atoms with van der Waals surface area (Å²) in [5, 5.41) is -1.55. The predicted octanol–water partition coefficient (Wildman–Crippen LogP) is -1.12. The summed E-state index contributed by atoms with van der Waals surface area (Å²) in [5.41, 5.74) is 5.31. The van der Waals surface area contributed by atoms with Crippen LogP contribution < -0.4 is 10.5 Å². The fourth-order valence-corrected chi connectivity index (χ4v) is 4.84. The Hall–Kier alpha value is -1.23. The van der Waals surface area contributed by atoms with Crippen molar-refractivity contribution in [3.63, 3.8) is 0 Å². The zero-order chi connectivity index (χ0) is 19.3. The Morgan fingerprint density at radius 1 is 1.15 bits per heavy atom. The van der Waals surface area contributed by atoms with E-state index < -0.39 is 33.5 Å². The minimum absolute atomic E-state index is 0.240. The maximum Gasteiger partial charge on any atom is 0.237 e. The summed E-state index contributed by atoms with van der Waals surface area (Å²) < 4.78 is 33.1. The van der Waals surface area contributed by atoms with Crippen LogP contribution in [-0.2, 0) is 24.3 Å². The van der Waals surface area contributed by atoms with E-state index in [-0.39, 0.29) is 6.04 Å². The summed E-state index contributed by atoms with van der Waals surface area (Å²) in [6.07, 6.45) is 0.899. The second-order valence-electron chi connectivity index (χ2n) is 7.16. The molecule has 0 aromatic rings. The van der Waals surface area contributed by atoms with E-state index in [2.05, 4.69) is 23.5 Å². The third-order valence-electron chi connectivity index (χ3n) is 5.01. The van der Waals surface area contributed by atoms with E-state index >= 15 is 0 Å². The van der Waals surface area contributed by atoms with Crippen LogP contribution in [0.2, 0.25) is 0 Å². The van der Waals surface area contributed by atoms with Crippen molar-refractivity contribution in [3.05, 3.63) is 0 Å². The Morgan fingerprint density at radius 2 is 1.73 bits per heavy atom. The number of hydrogen-bond acceptors (Lipinski definition) is 6. The van der Waals surface area contributed by atoms with E-state index in [1.165, 1.54) is 4.90 Å². The van der Waals surface area contributed by atoms with Crippen molar-refractivity contribution < 1.29 is 22.7 Å². The van der Waals surface area contributed by atoms with Gasteiger partial charge in [0, 0.05) is 25.2 Å². The van der Waals surface area contributed by atoms with E-state index in [9.17, 15) is 18.0 Å². The highest BCUT2D eigenvalue weighted by atomic mass is 32.2. The molecule has 2 rings (SSSR count). The van der Waals surface area contributed by atoms with Crippen molar-refractivity contribution in [2.24, 2.45) is 5.73 Å². The number of nitrogens with one attached hydrogen (secondary N) is 1. The maximum atomic E-state index is 12.7. The van der Waals surface area contributed by atoms with E-state index in [4.69, 9.17) is 10.5 Å². The van der Waals surface area contributed by atoms with Gasteiger partial charge in [-0.05, 0) is 39.8 Å². The third-order valence-corrected chi connectivity index (χ3v) is 6.82. The van der Waals surface area contributed by atoms with Gasteiger partial charge in [-0.15, -0.1) is 0 Å². The SMILES string of the molecule is CC(C)N1CCC(NS(=O)(=O)C(CC(=O)N2CCOCC2)C(N)=O)CC1. The van der Waals surface area contributed by atoms with Crippen LogP contribution in [0.15, 0.2) is 0 Å². The first-order chi connectivity index (χ1) is 12.2. The summed E-state index contributed by atoms with van der Waals surface area (Å²) in [5.74, 6) is -1.39. The fourth-order valence-electron chi connectivity index (χ4n) is 3.31. The minimum atomic E-state index is -4.01. The van der Waals surface area contributed by atoms with Crippen LogP contribution in [0.5, 0.6) is 0 Å². The molecule has 0 aromatic carbocycles. The van der Waals surface area contributed by atoms with Crippen molar-refractivity contribution >= 4 is 21.8 Å². The Kier molecular flexibility index (Phi) is 7.39. The Bertz CT molecular complexity index is 596. The maximum absolute atomic E-state index is 12.7. The van der Waals surface area contributed by atoms with Crippen molar-refractivity contribution in [2.45, 2.75) is 50.4 Å². The molecule has 1 atom stereocenters. The molecule has 2 aliphatic heterocycles. The topological polar surface area (TPSA) is 122 Å². The van der Waals surface area contributed by atoms with Gasteiger partial charge in [-0.25, -0.2) is 13.1 Å². The van der Waals surface area contributed by atoms with Gasteiger partial charge in [-0.3, -0.25) is 9.59 Å². The number of nitrogens with zero attached hydrogens (tertiary/aromatic N) is 2. The number of amides is 2. The molecule has 0 spiro atoms. The number of nitrogens with two attached hydrogens (primary N) is 1. The predicted molar refractivity (Wildman–Crippen MR) is 96.8 cm³/mol. The minimum Gasteiger partial charge on any atom is -0.378 e. The number of carbonyl (C=O) groups excluding carboxylic acids is 2. The average Bonchev–Trinajstić information content (AvgIpc) is 2.59. The summed E-state index contributed by atoms with van der Waals surface area (Å²) in [7, 11) is -4.01. The van der Waals surface area contributed by atoms with Gasteiger partial charge in [-0.2, -0.15) is 0 Å². The molecule has 0 aromatic heterocycles. The highest BCUT2D eigenvalue weighted by Crippen LogP contribution is 2.16. The van der Waals surface area contributed by atoms with Crippen LogP contribution in [0.3, 0.4) is 0 Å². The average molecular weight is 391 g/mol. The van der Waals surface area contributed by atoms with Crippen LogP contribution in [0, 0.1) is 0 Å². The van der Waals surface area contributed by atoms with Gasteiger partial charge in [0.15, 0.2) is 5.25 Å². The third kappa shape index (κ3) is 5.63. The number of primary amides is 1. The molecule has 9 nitrogen and oxygen atoms in total. The molecule has 150 valence electrons. The number of likely N-dealkylation sites (tertiary alicyclic amines) is 1. The standard InChI is InChI=1S/C16H30N4O5S/c1-12(2)19-5-3-13(4-6-19)18-26(23,24)14(16(17)22)11-15(21)20-7-9-25-10-8-20/h12-14,18H,3-11H2,1-2H3,(H2,17,22). The van der Waals surface area contributed by atoms with Crippen molar-refractivity contribution in [3.8, 4) is 0 Å². The first-order valence-corrected chi connectivity index (χ1v) is 10.7. The molecule has 10 heteroatoms. The van der Waals surface area contributed by atoms with Gasteiger partial charge in [0.2, 0.25) is 21.8 Å². The molecule has 26 heavy (non-hydrogen) atoms. The number of carbonyl (C=O) groups is 2. The normalized spacial score (nSPS) is 21.7. The summed E-state index contributed by atoms with van der Waals surface area (Å²) >= 11 is 0. The lowest BCUT2D eigenvalue weighted by Crippen LogP contribution is -2.52. The number of rotatable bonds is 7. The monoisotopic (exact) mass is 390 g/mol. The molecule has 2 saturated heterocycles. The van der Waals surface area contributed by atoms with Gasteiger partial charge >= 0.3 is 0 Å². The van der Waals surface area contributed by atoms with Gasteiger partial charge < -0.3 is 20.3 Å². The molecule has 1 unspecified atom stereocenters. The lowest BCUT2D eigenvalue weighted by atomic mass is 10.1. The zero-order valence-corrected chi connectivity index (χ0v) is 16.3. The highest BCUT2D eigenvalue weighted by molar-refractivity contribution is 7.90. The molecule has 2 heterocycles. The summed E-state index contributed by atoms with van der Waals surface area (Å²) in [6, 6.07) is 0.174. The van der Waals surface area contributed by atoms with E-state index in [1.54, 1.807) is 0 Å². The number of morpholine rings is 1. The van der Waals surface area contributed by atoms with Gasteiger partial charge in [0.05, 0.1) is 19.6 Å². The number of ether oxygens (including phenoxy) is 1. The molecule has 2 aliphatic rings. The van der Waals surface area contributed by atoms with Crippen molar-refractivity contribution in [1.82, 2.24) is 14.5 Å². The second-order valence-corrected chi connectivity index (χ2v) is 9.05. The highest BCUT2D eigenvalue weighted by Gasteiger charge is 2.36. The molecular formula is C16H30N4O5S. The summed E-state index contributed by atoms with van der Waals surface area (Å²) in [6.45, 7) is 7.39. The molecule has 0 radical (unpaired) electrons. The van der Waals surface area contributed by atoms with Crippen molar-refractivity contribution in [1.29, 1.82) is 0 Å². The van der Waals surface area contributed by atoms with Crippen LogP contribution in [0.1, 0.15) is 33.1 Å². The van der Waals surface area contributed by atoms with Gasteiger partial charge in [-0.1, -0.05) is 0 Å². The molecule has 3 N–H and O–H groups in total. The number of piperidine rings is 1. The van der Waals surface area contributed by atoms with Gasteiger partial charge in [0.25, 0.3) is 0 Å². The molecule has 2 amide bonds. The second kappa shape index (κ2) is 9.12. The lowest BCUT2D eigenvalue weighted by Gasteiger charge is -2.35. The first-order valence-electron chi connectivity index (χ1n) is 9.10. The Morgan fingerprint density at radius 3 is 2.23 bits per heavy atom. The van der Waals surface area contributed by atoms with Crippen LogP contribution >= 0.6 is 0 Å². The summed E-state index contributed by atoms with van der Waals surface area (Å²) in [4.78, 5) is 27.9. The molecule has 2 fully saturated rings. The smallest absolute Gasteiger partial charge is 0.237 e. The Balaban J connectivity index is 1.96. The van der Waals surface area contributed by atoms with Gasteiger partial charge in [0.1, 0.15) is 0 Å². The van der Waals surface area contributed by atoms with Crippen LogP contribution in [-0.4, -0.2) is 86.8 Å². The number of sulfonamides is 1. The zero-order valence-electron chi connectivity index (χ0n) is 15.5. The molecule has 0 saturated carbocycles. The molecule has 0 aliphatic carbocycles. The lowest BCUT2D eigenvalue weighted by molar-refractivity contribution is -0.136. The largest absolute Gasteiger partial charge is 0.378 e. The molecular weight excluding hydrogens is 360 g/mol. The van der Waals surface area contributed by atoms with Crippen LogP contribution in [0.4, 0.5) is 0 Å². The first kappa shape index (κ1) is 21.1. The van der Waals surface area contributed by atoms with Crippen molar-refractivity contribution in [2.75, 3.05) is 39.4 Å². The quantitative estimate of drug-likeness (QED) is 0.568. The van der Waals surface area contributed by atoms with E-state index in [0.717, 1.165) is 13.1 Å². The van der Waals surface area contributed by atoms with E-state index in [0.29, 0.717) is 45.2 Å². The number of hydrogen-bond donors (Lipinski definition) is 2.